The maximum Gasteiger partial charge on any atom is 0.300 e. The number of amides is 1. The van der Waals surface area contributed by atoms with Crippen molar-refractivity contribution in [2.75, 3.05) is 27.2 Å². The lowest BCUT2D eigenvalue weighted by atomic mass is 10.5. The van der Waals surface area contributed by atoms with Gasteiger partial charge in [0.15, 0.2) is 0 Å². The van der Waals surface area contributed by atoms with Gasteiger partial charge in [0.1, 0.15) is 6.54 Å². The minimum atomic E-state index is -1.18. The van der Waals surface area contributed by atoms with Crippen LogP contribution in [0.25, 0.3) is 0 Å². The molecule has 0 aromatic heterocycles. The summed E-state index contributed by atoms with van der Waals surface area (Å²) in [5.41, 5.74) is 0. The van der Waals surface area contributed by atoms with E-state index in [0.29, 0.717) is 0 Å². The summed E-state index contributed by atoms with van der Waals surface area (Å²) < 4.78 is -0.295. The zero-order chi connectivity index (χ0) is 11.1. The van der Waals surface area contributed by atoms with Gasteiger partial charge in [-0.3, -0.25) is 9.28 Å². The number of hydrogen-bond acceptors (Lipinski definition) is 5. The molecule has 7 nitrogen and oxygen atoms in total. The van der Waals surface area contributed by atoms with Gasteiger partial charge in [0.25, 0.3) is 12.1 Å². The van der Waals surface area contributed by atoms with E-state index in [1.807, 2.05) is 0 Å². The molecule has 14 heavy (non-hydrogen) atoms. The number of carboxylic acids is 1. The molecule has 7 heteroatoms. The molecule has 0 saturated carbocycles. The van der Waals surface area contributed by atoms with E-state index in [0.717, 1.165) is 6.92 Å². The van der Waals surface area contributed by atoms with Gasteiger partial charge >= 0.3 is 0 Å². The first-order valence-electron chi connectivity index (χ1n) is 3.59. The van der Waals surface area contributed by atoms with Crippen molar-refractivity contribution in [3.05, 3.63) is 0 Å². The van der Waals surface area contributed by atoms with E-state index >= 15 is 0 Å². The zero-order valence-electron chi connectivity index (χ0n) is 8.69. The van der Waals surface area contributed by atoms with Crippen LogP contribution < -0.4 is 11.3 Å². The van der Waals surface area contributed by atoms with E-state index in [1.165, 1.54) is 14.1 Å². The Labute approximate surface area is 82.7 Å². The SMILES string of the molecule is CC(=O)O.C[N+](C)(CCO)C(=O)[O-].N. The molecule has 0 aromatic carbocycles. The van der Waals surface area contributed by atoms with Crippen LogP contribution in [-0.4, -0.2) is 54.0 Å². The Balaban J connectivity index is -0.000000209. The number of likely N-dealkylation sites (N-methyl/N-ethyl adjacent to an activating group) is 1. The fourth-order valence-electron chi connectivity index (χ4n) is 0.341. The highest BCUT2D eigenvalue weighted by molar-refractivity contribution is 5.62. The number of aliphatic carboxylic acids is 1. The van der Waals surface area contributed by atoms with Gasteiger partial charge in [-0.05, 0) is 0 Å². The lowest BCUT2D eigenvalue weighted by Crippen LogP contribution is -2.54. The van der Waals surface area contributed by atoms with E-state index in [9.17, 15) is 9.90 Å². The second-order valence-corrected chi connectivity index (χ2v) is 2.92. The first-order valence-corrected chi connectivity index (χ1v) is 3.59. The predicted octanol–water partition coefficient (Wildman–Crippen LogP) is -1.35. The molecule has 0 aliphatic carbocycles. The molecule has 0 saturated heterocycles. The quantitative estimate of drug-likeness (QED) is 0.483. The van der Waals surface area contributed by atoms with Crippen LogP contribution in [0.3, 0.4) is 0 Å². The summed E-state index contributed by atoms with van der Waals surface area (Å²) >= 11 is 0. The van der Waals surface area contributed by atoms with Gasteiger partial charge in [0.05, 0.1) is 20.7 Å². The number of nitrogens with zero attached hydrogens (tertiary/aromatic N) is 1. The van der Waals surface area contributed by atoms with E-state index < -0.39 is 12.1 Å². The van der Waals surface area contributed by atoms with Gasteiger partial charge < -0.3 is 26.3 Å². The third-order valence-electron chi connectivity index (χ3n) is 1.15. The molecule has 0 heterocycles. The number of aliphatic hydroxyl groups is 1. The van der Waals surface area contributed by atoms with Gasteiger partial charge in [0.2, 0.25) is 0 Å². The van der Waals surface area contributed by atoms with Crippen molar-refractivity contribution < 1.29 is 29.4 Å². The zero-order valence-corrected chi connectivity index (χ0v) is 8.69. The van der Waals surface area contributed by atoms with Gasteiger partial charge in [0, 0.05) is 6.92 Å². The Morgan fingerprint density at radius 3 is 1.71 bits per heavy atom. The van der Waals surface area contributed by atoms with Crippen molar-refractivity contribution in [2.45, 2.75) is 6.92 Å². The molecule has 0 radical (unpaired) electrons. The monoisotopic (exact) mass is 210 g/mol. The van der Waals surface area contributed by atoms with Crippen molar-refractivity contribution in [3.63, 3.8) is 0 Å². The molecule has 1 amide bonds. The molecule has 0 fully saturated rings. The highest BCUT2D eigenvalue weighted by Crippen LogP contribution is 1.92. The van der Waals surface area contributed by atoms with Crippen LogP contribution in [0.1, 0.15) is 6.92 Å². The van der Waals surface area contributed by atoms with Crippen molar-refractivity contribution in [1.29, 1.82) is 0 Å². The topological polar surface area (TPSA) is 133 Å². The number of carbonyl (C=O) groups is 2. The van der Waals surface area contributed by atoms with Crippen LogP contribution in [-0.2, 0) is 4.79 Å². The number of carbonyl (C=O) groups excluding carboxylic acids is 1. The van der Waals surface area contributed by atoms with Gasteiger partial charge in [-0.1, -0.05) is 0 Å². The maximum absolute atomic E-state index is 10.2. The summed E-state index contributed by atoms with van der Waals surface area (Å²) in [6.45, 7) is 1.13. The summed E-state index contributed by atoms with van der Waals surface area (Å²) in [4.78, 5) is 19.2. The maximum atomic E-state index is 10.2. The molecule has 0 atom stereocenters. The molecule has 5 N–H and O–H groups in total. The Morgan fingerprint density at radius 2 is 1.64 bits per heavy atom. The summed E-state index contributed by atoms with van der Waals surface area (Å²) in [5, 5.41) is 25.9. The molecular formula is C7H18N2O5. The molecule has 0 aromatic rings. The summed E-state index contributed by atoms with van der Waals surface area (Å²) in [6, 6.07) is 0. The van der Waals surface area contributed by atoms with Crippen molar-refractivity contribution >= 4 is 12.1 Å². The molecule has 0 aliphatic heterocycles. The second-order valence-electron chi connectivity index (χ2n) is 2.92. The fourth-order valence-corrected chi connectivity index (χ4v) is 0.341. The lowest BCUT2D eigenvalue weighted by Gasteiger charge is -2.27. The average Bonchev–Trinajstić information content (AvgIpc) is 1.85. The molecule has 0 spiro atoms. The van der Waals surface area contributed by atoms with Gasteiger partial charge in [-0.2, -0.15) is 0 Å². The summed E-state index contributed by atoms with van der Waals surface area (Å²) in [6.07, 6.45) is -1.18. The minimum absolute atomic E-state index is 0. The predicted molar refractivity (Wildman–Crippen MR) is 47.8 cm³/mol. The highest BCUT2D eigenvalue weighted by atomic mass is 16.4. The number of quaternary nitrogens is 1. The van der Waals surface area contributed by atoms with Gasteiger partial charge in [-0.25, -0.2) is 0 Å². The Morgan fingerprint density at radius 1 is 1.36 bits per heavy atom. The average molecular weight is 210 g/mol. The molecule has 0 bridgehead atoms. The minimum Gasteiger partial charge on any atom is -0.498 e. The van der Waals surface area contributed by atoms with Crippen LogP contribution in [0.5, 0.6) is 0 Å². The molecule has 0 unspecified atom stereocenters. The molecule has 0 aliphatic rings. The van der Waals surface area contributed by atoms with Crippen molar-refractivity contribution in [1.82, 2.24) is 6.15 Å². The second kappa shape index (κ2) is 8.42. The third kappa shape index (κ3) is 13.4. The Kier molecular flexibility index (Phi) is 11.2. The number of rotatable bonds is 2. The van der Waals surface area contributed by atoms with E-state index in [4.69, 9.17) is 15.0 Å². The fraction of sp³-hybridized carbons (Fsp3) is 0.714. The lowest BCUT2D eigenvalue weighted by molar-refractivity contribution is -0.838. The van der Waals surface area contributed by atoms with Crippen LogP contribution in [0.2, 0.25) is 0 Å². The van der Waals surface area contributed by atoms with E-state index in [1.54, 1.807) is 0 Å². The largest absolute Gasteiger partial charge is 0.498 e. The van der Waals surface area contributed by atoms with Gasteiger partial charge in [-0.15, -0.1) is 0 Å². The first kappa shape index (κ1) is 18.6. The number of aliphatic hydroxyl groups excluding tert-OH is 1. The highest BCUT2D eigenvalue weighted by Gasteiger charge is 2.15. The van der Waals surface area contributed by atoms with Crippen LogP contribution in [0.15, 0.2) is 0 Å². The first-order chi connectivity index (χ1) is 5.74. The molecule has 0 rings (SSSR count). The van der Waals surface area contributed by atoms with Crippen LogP contribution >= 0.6 is 0 Å². The number of carboxylic acid groups (broad SMARTS) is 2. The van der Waals surface area contributed by atoms with Crippen LogP contribution in [0, 0.1) is 0 Å². The summed E-state index contributed by atoms with van der Waals surface area (Å²) in [5.74, 6) is -0.833. The van der Waals surface area contributed by atoms with Crippen molar-refractivity contribution in [3.8, 4) is 0 Å². The van der Waals surface area contributed by atoms with Crippen molar-refractivity contribution in [2.24, 2.45) is 0 Å². The Hall–Kier alpha value is -1.18. The summed E-state index contributed by atoms with van der Waals surface area (Å²) in [7, 11) is 2.93. The Bertz CT molecular complexity index is 177. The third-order valence-corrected chi connectivity index (χ3v) is 1.15. The van der Waals surface area contributed by atoms with Crippen LogP contribution in [0.4, 0.5) is 4.79 Å². The molecule has 86 valence electrons. The molecular weight excluding hydrogens is 192 g/mol. The standard InChI is InChI=1S/C5H11NO3.C2H4O2.H3N/c1-6(2,3-4-7)5(8)9;1-2(3)4;/h7H,3-4H2,1-2H3;1H3,(H,3,4);1H3. The normalized spacial score (nSPS) is 9.14. The van der Waals surface area contributed by atoms with E-state index in [2.05, 4.69) is 0 Å². The number of hydrogen-bond donors (Lipinski definition) is 3. The smallest absolute Gasteiger partial charge is 0.300 e. The van der Waals surface area contributed by atoms with E-state index in [-0.39, 0.29) is 23.8 Å².